The SMILES string of the molecule is CC(=O)/C(=N/Nc1cccc(Cl)c1C)Sc1nnc(-c2ccccc2)n1-c1ccccc1. The van der Waals surface area contributed by atoms with Gasteiger partial charge >= 0.3 is 0 Å². The Morgan fingerprint density at radius 2 is 1.66 bits per heavy atom. The van der Waals surface area contributed by atoms with Crippen LogP contribution in [0.3, 0.4) is 0 Å². The Labute approximate surface area is 195 Å². The molecule has 4 aromatic rings. The number of carbonyl (C=O) groups excluding carboxylic acids is 1. The van der Waals surface area contributed by atoms with E-state index in [4.69, 9.17) is 11.6 Å². The molecule has 160 valence electrons. The summed E-state index contributed by atoms with van der Waals surface area (Å²) in [5, 5.41) is 14.5. The molecule has 0 atom stereocenters. The first kappa shape index (κ1) is 21.8. The van der Waals surface area contributed by atoms with Crippen molar-refractivity contribution in [3.05, 3.63) is 89.4 Å². The monoisotopic (exact) mass is 461 g/mol. The molecule has 0 unspecified atom stereocenters. The summed E-state index contributed by atoms with van der Waals surface area (Å²) in [7, 11) is 0. The maximum Gasteiger partial charge on any atom is 0.202 e. The second-order valence-corrected chi connectivity index (χ2v) is 8.31. The highest BCUT2D eigenvalue weighted by molar-refractivity contribution is 8.15. The summed E-state index contributed by atoms with van der Waals surface area (Å²) >= 11 is 7.35. The molecule has 32 heavy (non-hydrogen) atoms. The number of Topliss-reactive ketones (excluding diaryl/α,β-unsaturated/α-hetero) is 1. The fraction of sp³-hybridized carbons (Fsp3) is 0.0833. The van der Waals surface area contributed by atoms with E-state index in [1.165, 1.54) is 6.92 Å². The number of thioether (sulfide) groups is 1. The van der Waals surface area contributed by atoms with E-state index < -0.39 is 0 Å². The second-order valence-electron chi connectivity index (χ2n) is 6.94. The van der Waals surface area contributed by atoms with E-state index in [9.17, 15) is 4.79 Å². The van der Waals surface area contributed by atoms with Crippen LogP contribution in [0.25, 0.3) is 17.1 Å². The average molecular weight is 462 g/mol. The molecule has 0 amide bonds. The van der Waals surface area contributed by atoms with Crippen LogP contribution in [-0.4, -0.2) is 25.6 Å². The minimum atomic E-state index is -0.189. The molecule has 0 fully saturated rings. The van der Waals surface area contributed by atoms with Crippen LogP contribution >= 0.6 is 23.4 Å². The van der Waals surface area contributed by atoms with Gasteiger partial charge in [-0.25, -0.2) is 0 Å². The van der Waals surface area contributed by atoms with Crippen molar-refractivity contribution in [3.63, 3.8) is 0 Å². The van der Waals surface area contributed by atoms with Crippen LogP contribution in [0.1, 0.15) is 12.5 Å². The Bertz CT molecular complexity index is 1270. The zero-order valence-electron chi connectivity index (χ0n) is 17.5. The Balaban J connectivity index is 1.73. The van der Waals surface area contributed by atoms with Crippen LogP contribution in [-0.2, 0) is 4.79 Å². The predicted octanol–water partition coefficient (Wildman–Crippen LogP) is 6.00. The topological polar surface area (TPSA) is 72.2 Å². The lowest BCUT2D eigenvalue weighted by Gasteiger charge is -2.11. The summed E-state index contributed by atoms with van der Waals surface area (Å²) in [5.41, 5.74) is 6.35. The fourth-order valence-corrected chi connectivity index (χ4v) is 3.97. The first-order valence-corrected chi connectivity index (χ1v) is 11.1. The maximum absolute atomic E-state index is 12.4. The quantitative estimate of drug-likeness (QED) is 0.165. The number of carbonyl (C=O) groups is 1. The number of halogens is 1. The molecule has 0 saturated carbocycles. The van der Waals surface area contributed by atoms with Crippen molar-refractivity contribution in [2.24, 2.45) is 5.10 Å². The molecular formula is C24H20ClN5OS. The van der Waals surface area contributed by atoms with Gasteiger partial charge in [-0.3, -0.25) is 14.8 Å². The minimum Gasteiger partial charge on any atom is -0.292 e. The molecule has 0 radical (unpaired) electrons. The van der Waals surface area contributed by atoms with E-state index in [2.05, 4.69) is 20.7 Å². The van der Waals surface area contributed by atoms with E-state index in [0.29, 0.717) is 16.0 Å². The van der Waals surface area contributed by atoms with Gasteiger partial charge in [0.1, 0.15) is 0 Å². The van der Waals surface area contributed by atoms with Crippen molar-refractivity contribution in [1.82, 2.24) is 14.8 Å². The predicted molar refractivity (Wildman–Crippen MR) is 131 cm³/mol. The summed E-state index contributed by atoms with van der Waals surface area (Å²) in [5.74, 6) is 0.493. The fourth-order valence-electron chi connectivity index (χ4n) is 3.02. The number of para-hydroxylation sites is 1. The second kappa shape index (κ2) is 9.80. The number of rotatable bonds is 6. The number of aromatic nitrogens is 3. The van der Waals surface area contributed by atoms with Gasteiger partial charge in [0.05, 0.1) is 5.69 Å². The Morgan fingerprint density at radius 3 is 2.34 bits per heavy atom. The third-order valence-corrected chi connectivity index (χ3v) is 6.14. The highest BCUT2D eigenvalue weighted by Gasteiger charge is 2.20. The van der Waals surface area contributed by atoms with E-state index in [1.807, 2.05) is 84.3 Å². The summed E-state index contributed by atoms with van der Waals surface area (Å²) in [6.45, 7) is 3.36. The van der Waals surface area contributed by atoms with Gasteiger partial charge in [-0.1, -0.05) is 66.2 Å². The van der Waals surface area contributed by atoms with Gasteiger partial charge in [0.2, 0.25) is 5.16 Å². The maximum atomic E-state index is 12.4. The van der Waals surface area contributed by atoms with Crippen molar-refractivity contribution < 1.29 is 4.79 Å². The van der Waals surface area contributed by atoms with E-state index in [-0.39, 0.29) is 10.8 Å². The Morgan fingerprint density at radius 1 is 0.969 bits per heavy atom. The zero-order chi connectivity index (χ0) is 22.5. The number of ketones is 1. The van der Waals surface area contributed by atoms with E-state index >= 15 is 0 Å². The van der Waals surface area contributed by atoms with Crippen LogP contribution in [0.15, 0.2) is 89.1 Å². The number of nitrogens with zero attached hydrogens (tertiary/aromatic N) is 4. The molecule has 1 heterocycles. The number of benzene rings is 3. The van der Waals surface area contributed by atoms with Crippen molar-refractivity contribution in [2.75, 3.05) is 5.43 Å². The molecule has 4 rings (SSSR count). The van der Waals surface area contributed by atoms with Gasteiger partial charge in [-0.2, -0.15) is 5.10 Å². The lowest BCUT2D eigenvalue weighted by atomic mass is 10.2. The molecule has 6 nitrogen and oxygen atoms in total. The molecule has 0 spiro atoms. The number of anilines is 1. The number of hydrogen-bond acceptors (Lipinski definition) is 6. The lowest BCUT2D eigenvalue weighted by molar-refractivity contribution is -0.110. The molecule has 0 bridgehead atoms. The molecule has 1 aromatic heterocycles. The van der Waals surface area contributed by atoms with Crippen molar-refractivity contribution in [3.8, 4) is 17.1 Å². The molecule has 0 aliphatic carbocycles. The van der Waals surface area contributed by atoms with E-state index in [1.54, 1.807) is 6.07 Å². The average Bonchev–Trinajstić information content (AvgIpc) is 3.23. The molecule has 0 aliphatic rings. The smallest absolute Gasteiger partial charge is 0.202 e. The van der Waals surface area contributed by atoms with Crippen molar-refractivity contribution in [1.29, 1.82) is 0 Å². The molecule has 0 saturated heterocycles. The van der Waals surface area contributed by atoms with E-state index in [0.717, 1.165) is 34.3 Å². The molecule has 1 N–H and O–H groups in total. The molecule has 0 aliphatic heterocycles. The van der Waals surface area contributed by atoms with Crippen LogP contribution in [0.2, 0.25) is 5.02 Å². The van der Waals surface area contributed by atoms with Gasteiger partial charge in [-0.15, -0.1) is 10.2 Å². The first-order valence-electron chi connectivity index (χ1n) is 9.88. The molecule has 8 heteroatoms. The van der Waals surface area contributed by atoms with Crippen LogP contribution in [0.4, 0.5) is 5.69 Å². The normalized spacial score (nSPS) is 11.4. The third kappa shape index (κ3) is 4.74. The summed E-state index contributed by atoms with van der Waals surface area (Å²) in [4.78, 5) is 12.4. The minimum absolute atomic E-state index is 0.189. The Hall–Kier alpha value is -3.42. The van der Waals surface area contributed by atoms with Crippen molar-refractivity contribution in [2.45, 2.75) is 19.0 Å². The summed E-state index contributed by atoms with van der Waals surface area (Å²) in [6, 6.07) is 25.1. The van der Waals surface area contributed by atoms with Gasteiger partial charge in [0.15, 0.2) is 16.7 Å². The van der Waals surface area contributed by atoms with Gasteiger partial charge < -0.3 is 0 Å². The highest BCUT2D eigenvalue weighted by atomic mass is 35.5. The number of hydrogen-bond donors (Lipinski definition) is 1. The summed E-state index contributed by atoms with van der Waals surface area (Å²) < 4.78 is 1.92. The number of nitrogens with one attached hydrogen (secondary N) is 1. The molecular weight excluding hydrogens is 442 g/mol. The standard InChI is InChI=1S/C24H20ClN5OS/c1-16-20(25)14-9-15-21(16)26-28-23(17(2)31)32-24-29-27-22(18-10-5-3-6-11-18)30(24)19-12-7-4-8-13-19/h3-15,26H,1-2H3/b28-23-. The van der Waals surface area contributed by atoms with Crippen LogP contribution in [0.5, 0.6) is 0 Å². The Kier molecular flexibility index (Phi) is 6.68. The molecule has 3 aromatic carbocycles. The van der Waals surface area contributed by atoms with Gasteiger partial charge in [-0.05, 0) is 48.5 Å². The van der Waals surface area contributed by atoms with Crippen molar-refractivity contribution >= 4 is 39.9 Å². The van der Waals surface area contributed by atoms with Gasteiger partial charge in [0.25, 0.3) is 0 Å². The first-order chi connectivity index (χ1) is 15.5. The largest absolute Gasteiger partial charge is 0.292 e. The van der Waals surface area contributed by atoms with Gasteiger partial charge in [0, 0.05) is 23.2 Å². The van der Waals surface area contributed by atoms with Crippen LogP contribution < -0.4 is 5.43 Å². The van der Waals surface area contributed by atoms with Crippen LogP contribution in [0, 0.1) is 6.92 Å². The zero-order valence-corrected chi connectivity index (χ0v) is 19.1. The number of hydrazone groups is 1. The summed E-state index contributed by atoms with van der Waals surface area (Å²) in [6.07, 6.45) is 0. The third-order valence-electron chi connectivity index (χ3n) is 4.71. The lowest BCUT2D eigenvalue weighted by Crippen LogP contribution is -2.10. The highest BCUT2D eigenvalue weighted by Crippen LogP contribution is 2.29.